The molecule has 0 aromatic carbocycles. The number of aliphatic hydroxyl groups is 5. The summed E-state index contributed by atoms with van der Waals surface area (Å²) in [7, 11) is -5.11. The van der Waals surface area contributed by atoms with Crippen LogP contribution in [0.1, 0.15) is 168 Å². The molecule has 0 aromatic heterocycles. The Labute approximate surface area is 318 Å². The van der Waals surface area contributed by atoms with E-state index in [-0.39, 0.29) is 12.8 Å². The van der Waals surface area contributed by atoms with Crippen LogP contribution in [-0.2, 0) is 32.7 Å². The maximum absolute atomic E-state index is 12.7. The van der Waals surface area contributed by atoms with E-state index in [1.54, 1.807) is 0 Å². The maximum atomic E-state index is 12.7. The van der Waals surface area contributed by atoms with Crippen molar-refractivity contribution < 1.29 is 63.1 Å². The summed E-state index contributed by atoms with van der Waals surface area (Å²) in [5.41, 5.74) is 0. The molecular weight excluding hydrogens is 707 g/mol. The van der Waals surface area contributed by atoms with Crippen molar-refractivity contribution in [1.29, 1.82) is 0 Å². The van der Waals surface area contributed by atoms with Crippen LogP contribution in [0, 0.1) is 0 Å². The van der Waals surface area contributed by atoms with Gasteiger partial charge in [0.05, 0.1) is 6.61 Å². The van der Waals surface area contributed by atoms with E-state index in [0.717, 1.165) is 64.2 Å². The number of unbranched alkanes of at least 4 members (excludes halogenated alkanes) is 19. The highest BCUT2D eigenvalue weighted by Crippen LogP contribution is 2.47. The molecular formula is C39H73O13P. The van der Waals surface area contributed by atoms with Crippen LogP contribution < -0.4 is 0 Å². The second kappa shape index (κ2) is 30.8. The second-order valence-electron chi connectivity index (χ2n) is 14.5. The Morgan fingerprint density at radius 3 is 1.47 bits per heavy atom. The number of allylic oxidation sites excluding steroid dienone is 2. The molecule has 0 radical (unpaired) electrons. The SMILES string of the molecule is CCCCC/C=C/CCCCCCCC(=O)OC[C@H](COP(=O)(O)OC1C(O)C(O)C(O)[C@@H](O)C1O)OC(=O)CCCCCCCCCCCCCC. The first-order valence-electron chi connectivity index (χ1n) is 20.5. The monoisotopic (exact) mass is 780 g/mol. The molecule has 6 unspecified atom stereocenters. The standard InChI is InChI=1S/C39H73O13P/c1-3-5-7-9-11-13-15-17-19-21-23-25-27-32(40)49-29-31(51-33(41)28-26-24-22-20-18-16-14-12-10-8-6-4-2)30-50-53(47,48)52-39-37(45)35(43)34(42)36(44)38(39)46/h11,13,31,34-39,42-46H,3-10,12,14-30H2,1-2H3,(H,47,48)/b13-11+/t31-,34?,35-,36?,37?,38?,39?/m1/s1. The van der Waals surface area contributed by atoms with Gasteiger partial charge in [-0.05, 0) is 38.5 Å². The molecule has 14 heteroatoms. The van der Waals surface area contributed by atoms with Crippen molar-refractivity contribution in [2.24, 2.45) is 0 Å². The molecule has 6 N–H and O–H groups in total. The number of hydrogen-bond acceptors (Lipinski definition) is 12. The first-order valence-corrected chi connectivity index (χ1v) is 22.0. The van der Waals surface area contributed by atoms with Gasteiger partial charge in [0.25, 0.3) is 0 Å². The van der Waals surface area contributed by atoms with Gasteiger partial charge in [-0.1, -0.05) is 129 Å². The van der Waals surface area contributed by atoms with Gasteiger partial charge in [0.1, 0.15) is 43.2 Å². The van der Waals surface area contributed by atoms with Crippen LogP contribution in [0.4, 0.5) is 0 Å². The zero-order valence-corrected chi connectivity index (χ0v) is 33.5. The van der Waals surface area contributed by atoms with Gasteiger partial charge < -0.3 is 39.9 Å². The van der Waals surface area contributed by atoms with Gasteiger partial charge in [0.15, 0.2) is 6.10 Å². The molecule has 8 atom stereocenters. The third-order valence-corrected chi connectivity index (χ3v) is 10.6. The van der Waals surface area contributed by atoms with Crippen molar-refractivity contribution in [3.8, 4) is 0 Å². The van der Waals surface area contributed by atoms with Gasteiger partial charge in [0.2, 0.25) is 0 Å². The second-order valence-corrected chi connectivity index (χ2v) is 15.9. The fourth-order valence-corrected chi connectivity index (χ4v) is 7.19. The van der Waals surface area contributed by atoms with Crippen LogP contribution >= 0.6 is 7.82 Å². The number of aliphatic hydroxyl groups excluding tert-OH is 5. The average molecular weight is 781 g/mol. The van der Waals surface area contributed by atoms with Crippen LogP contribution in [-0.4, -0.2) is 98.3 Å². The van der Waals surface area contributed by atoms with Crippen LogP contribution in [0.3, 0.4) is 0 Å². The van der Waals surface area contributed by atoms with E-state index in [4.69, 9.17) is 18.5 Å². The summed E-state index contributed by atoms with van der Waals surface area (Å²) in [4.78, 5) is 35.5. The van der Waals surface area contributed by atoms with E-state index in [9.17, 15) is 44.6 Å². The molecule has 1 fully saturated rings. The van der Waals surface area contributed by atoms with Crippen molar-refractivity contribution in [3.63, 3.8) is 0 Å². The smallest absolute Gasteiger partial charge is 0.462 e. The van der Waals surface area contributed by atoms with Crippen molar-refractivity contribution in [2.75, 3.05) is 13.2 Å². The topological polar surface area (TPSA) is 210 Å². The molecule has 53 heavy (non-hydrogen) atoms. The van der Waals surface area contributed by atoms with E-state index in [1.165, 1.54) is 64.2 Å². The quantitative estimate of drug-likeness (QED) is 0.0177. The Bertz CT molecular complexity index is 996. The fraction of sp³-hybridized carbons (Fsp3) is 0.897. The third-order valence-electron chi connectivity index (χ3n) is 9.61. The third kappa shape index (κ3) is 24.0. The molecule has 1 saturated carbocycles. The van der Waals surface area contributed by atoms with Crippen LogP contribution in [0.5, 0.6) is 0 Å². The van der Waals surface area contributed by atoms with Crippen molar-refractivity contribution in [3.05, 3.63) is 12.2 Å². The number of rotatable bonds is 33. The normalized spacial score (nSPS) is 23.5. The number of carbonyl (C=O) groups is 2. The summed E-state index contributed by atoms with van der Waals surface area (Å²) < 4.78 is 33.3. The lowest BCUT2D eigenvalue weighted by Gasteiger charge is -2.41. The summed E-state index contributed by atoms with van der Waals surface area (Å²) in [6, 6.07) is 0. The van der Waals surface area contributed by atoms with E-state index >= 15 is 0 Å². The van der Waals surface area contributed by atoms with Crippen LogP contribution in [0.2, 0.25) is 0 Å². The van der Waals surface area contributed by atoms with Gasteiger partial charge in [-0.2, -0.15) is 0 Å². The van der Waals surface area contributed by atoms with Gasteiger partial charge in [-0.3, -0.25) is 18.6 Å². The summed E-state index contributed by atoms with van der Waals surface area (Å²) in [6.45, 7) is 3.24. The number of carbonyl (C=O) groups excluding carboxylic acids is 2. The first kappa shape index (κ1) is 49.6. The number of ether oxygens (including phenoxy) is 2. The molecule has 0 saturated heterocycles. The minimum absolute atomic E-state index is 0.0996. The summed E-state index contributed by atoms with van der Waals surface area (Å²) in [5, 5.41) is 49.9. The Morgan fingerprint density at radius 1 is 0.566 bits per heavy atom. The lowest BCUT2D eigenvalue weighted by molar-refractivity contribution is -0.220. The van der Waals surface area contributed by atoms with Gasteiger partial charge in [-0.15, -0.1) is 0 Å². The molecule has 1 aliphatic carbocycles. The van der Waals surface area contributed by atoms with Crippen molar-refractivity contribution in [2.45, 2.75) is 211 Å². The Morgan fingerprint density at radius 2 is 0.962 bits per heavy atom. The number of phosphoric acid groups is 1. The van der Waals surface area contributed by atoms with Crippen LogP contribution in [0.15, 0.2) is 12.2 Å². The summed E-state index contributed by atoms with van der Waals surface area (Å²) in [6.07, 6.45) is 15.7. The largest absolute Gasteiger partial charge is 0.472 e. The van der Waals surface area contributed by atoms with E-state index in [2.05, 4.69) is 26.0 Å². The van der Waals surface area contributed by atoms with Gasteiger partial charge in [-0.25, -0.2) is 4.57 Å². The summed E-state index contributed by atoms with van der Waals surface area (Å²) >= 11 is 0. The predicted molar refractivity (Wildman–Crippen MR) is 203 cm³/mol. The molecule has 0 amide bonds. The highest BCUT2D eigenvalue weighted by molar-refractivity contribution is 7.47. The van der Waals surface area contributed by atoms with Gasteiger partial charge in [0, 0.05) is 12.8 Å². The Kier molecular flexibility index (Phi) is 28.8. The predicted octanol–water partition coefficient (Wildman–Crippen LogP) is 6.72. The Balaban J connectivity index is 2.53. The zero-order chi connectivity index (χ0) is 39.3. The fourth-order valence-electron chi connectivity index (χ4n) is 6.22. The molecule has 0 spiro atoms. The average Bonchev–Trinajstić information content (AvgIpc) is 3.13. The molecule has 312 valence electrons. The molecule has 13 nitrogen and oxygen atoms in total. The number of esters is 2. The molecule has 0 aromatic rings. The van der Waals surface area contributed by atoms with Gasteiger partial charge >= 0.3 is 19.8 Å². The molecule has 1 rings (SSSR count). The van der Waals surface area contributed by atoms with E-state index in [1.807, 2.05) is 0 Å². The lowest BCUT2D eigenvalue weighted by Crippen LogP contribution is -2.64. The zero-order valence-electron chi connectivity index (χ0n) is 32.6. The van der Waals surface area contributed by atoms with E-state index in [0.29, 0.717) is 12.8 Å². The van der Waals surface area contributed by atoms with Crippen LogP contribution in [0.25, 0.3) is 0 Å². The minimum atomic E-state index is -5.11. The molecule has 1 aliphatic rings. The number of hydrogen-bond donors (Lipinski definition) is 6. The molecule has 0 heterocycles. The number of phosphoric ester groups is 1. The molecule has 0 bridgehead atoms. The first-order chi connectivity index (χ1) is 25.4. The Hall–Kier alpha value is -1.41. The van der Waals surface area contributed by atoms with Crippen molar-refractivity contribution >= 4 is 19.8 Å². The lowest BCUT2D eigenvalue weighted by atomic mass is 9.85. The highest BCUT2D eigenvalue weighted by Gasteiger charge is 2.51. The minimum Gasteiger partial charge on any atom is -0.462 e. The van der Waals surface area contributed by atoms with E-state index < -0.39 is 75.7 Å². The summed E-state index contributed by atoms with van der Waals surface area (Å²) in [5.74, 6) is -1.11. The maximum Gasteiger partial charge on any atom is 0.472 e. The van der Waals surface area contributed by atoms with Crippen molar-refractivity contribution in [1.82, 2.24) is 0 Å². The molecule has 0 aliphatic heterocycles. The highest BCUT2D eigenvalue weighted by atomic mass is 31.2.